The van der Waals surface area contributed by atoms with Crippen molar-refractivity contribution in [2.24, 2.45) is 0 Å². The van der Waals surface area contributed by atoms with Gasteiger partial charge in [-0.1, -0.05) is 31.2 Å². The highest BCUT2D eigenvalue weighted by atomic mass is 16.5. The molecule has 1 N–H and O–H groups in total. The normalized spacial score (nSPS) is 11.5. The highest BCUT2D eigenvalue weighted by Gasteiger charge is 2.09. The summed E-state index contributed by atoms with van der Waals surface area (Å²) in [5.41, 5.74) is 1.26. The number of hydrogen-bond acceptors (Lipinski definition) is 3. The van der Waals surface area contributed by atoms with Crippen molar-refractivity contribution < 1.29 is 14.3 Å². The summed E-state index contributed by atoms with van der Waals surface area (Å²) >= 11 is 0. The van der Waals surface area contributed by atoms with Crippen molar-refractivity contribution in [1.29, 1.82) is 0 Å². The lowest BCUT2D eigenvalue weighted by Crippen LogP contribution is -2.13. The number of hydrogen-bond donors (Lipinski definition) is 1. The first kappa shape index (κ1) is 18.5. The van der Waals surface area contributed by atoms with Gasteiger partial charge in [-0.3, -0.25) is 4.79 Å². The van der Waals surface area contributed by atoms with Crippen molar-refractivity contribution in [3.63, 3.8) is 0 Å². The lowest BCUT2D eigenvalue weighted by atomic mass is 10.2. The molecular weight excluding hydrogens is 338 g/mol. The summed E-state index contributed by atoms with van der Waals surface area (Å²) in [6.07, 6.45) is 1.02. The molecule has 0 radical (unpaired) electrons. The van der Waals surface area contributed by atoms with Crippen LogP contribution in [-0.4, -0.2) is 12.0 Å². The molecule has 4 heteroatoms. The van der Waals surface area contributed by atoms with E-state index in [-0.39, 0.29) is 12.0 Å². The van der Waals surface area contributed by atoms with Gasteiger partial charge in [0.05, 0.1) is 6.10 Å². The van der Waals surface area contributed by atoms with Gasteiger partial charge in [0.25, 0.3) is 5.91 Å². The molecule has 138 valence electrons. The average Bonchev–Trinajstić information content (AvgIpc) is 2.70. The zero-order valence-corrected chi connectivity index (χ0v) is 15.5. The molecule has 4 nitrogen and oxygen atoms in total. The fourth-order valence-corrected chi connectivity index (χ4v) is 2.46. The summed E-state index contributed by atoms with van der Waals surface area (Å²) in [5, 5.41) is 2.89. The lowest BCUT2D eigenvalue weighted by Gasteiger charge is -2.13. The zero-order valence-electron chi connectivity index (χ0n) is 15.5. The quantitative estimate of drug-likeness (QED) is 0.569. The molecule has 0 aromatic heterocycles. The van der Waals surface area contributed by atoms with E-state index in [2.05, 4.69) is 12.2 Å². The van der Waals surface area contributed by atoms with Crippen molar-refractivity contribution in [1.82, 2.24) is 0 Å². The third-order valence-electron chi connectivity index (χ3n) is 4.10. The Morgan fingerprint density at radius 1 is 0.889 bits per heavy atom. The SMILES string of the molecule is CCC(C)Oc1cccc(C(=O)Nc2ccc(Oc3ccccc3)cc2)c1. The monoisotopic (exact) mass is 361 g/mol. The molecule has 1 unspecified atom stereocenters. The molecule has 1 atom stereocenters. The molecule has 0 heterocycles. The van der Waals surface area contributed by atoms with Crippen LogP contribution in [0.2, 0.25) is 0 Å². The zero-order chi connectivity index (χ0) is 19.1. The summed E-state index contributed by atoms with van der Waals surface area (Å²) in [6, 6.07) is 24.1. The standard InChI is InChI=1S/C23H23NO3/c1-3-17(2)26-22-11-7-8-18(16-22)23(25)24-19-12-14-21(15-13-19)27-20-9-5-4-6-10-20/h4-17H,3H2,1-2H3,(H,24,25). The minimum atomic E-state index is -0.179. The van der Waals surface area contributed by atoms with Gasteiger partial charge in [0.15, 0.2) is 0 Å². The van der Waals surface area contributed by atoms with Crippen LogP contribution in [0.1, 0.15) is 30.6 Å². The van der Waals surface area contributed by atoms with Gasteiger partial charge in [-0.2, -0.15) is 0 Å². The average molecular weight is 361 g/mol. The maximum Gasteiger partial charge on any atom is 0.255 e. The third kappa shape index (κ3) is 5.35. The van der Waals surface area contributed by atoms with E-state index in [0.717, 1.165) is 12.2 Å². The summed E-state index contributed by atoms with van der Waals surface area (Å²) in [7, 11) is 0. The van der Waals surface area contributed by atoms with Crippen LogP contribution in [0.15, 0.2) is 78.9 Å². The molecule has 0 saturated heterocycles. The molecule has 0 fully saturated rings. The number of para-hydroxylation sites is 1. The molecule has 27 heavy (non-hydrogen) atoms. The summed E-state index contributed by atoms with van der Waals surface area (Å²) < 4.78 is 11.5. The Hall–Kier alpha value is -3.27. The Morgan fingerprint density at radius 3 is 2.26 bits per heavy atom. The van der Waals surface area contributed by atoms with Crippen molar-refractivity contribution in [2.45, 2.75) is 26.4 Å². The van der Waals surface area contributed by atoms with Gasteiger partial charge >= 0.3 is 0 Å². The van der Waals surface area contributed by atoms with E-state index in [0.29, 0.717) is 22.7 Å². The number of ether oxygens (including phenoxy) is 2. The number of benzene rings is 3. The highest BCUT2D eigenvalue weighted by Crippen LogP contribution is 2.23. The lowest BCUT2D eigenvalue weighted by molar-refractivity contribution is 0.102. The summed E-state index contributed by atoms with van der Waals surface area (Å²) in [4.78, 5) is 12.5. The Kier molecular flexibility index (Phi) is 6.10. The molecule has 3 aromatic rings. The van der Waals surface area contributed by atoms with E-state index >= 15 is 0 Å². The predicted octanol–water partition coefficient (Wildman–Crippen LogP) is 5.91. The van der Waals surface area contributed by atoms with E-state index < -0.39 is 0 Å². The Labute approximate surface area is 159 Å². The number of carbonyl (C=O) groups is 1. The first-order chi connectivity index (χ1) is 13.1. The van der Waals surface area contributed by atoms with E-state index in [1.807, 2.05) is 73.7 Å². The number of rotatable bonds is 7. The van der Waals surface area contributed by atoms with Crippen LogP contribution < -0.4 is 14.8 Å². The molecule has 0 aliphatic heterocycles. The minimum absolute atomic E-state index is 0.112. The van der Waals surface area contributed by atoms with E-state index in [4.69, 9.17) is 9.47 Å². The summed E-state index contributed by atoms with van der Waals surface area (Å²) in [5.74, 6) is 2.00. The van der Waals surface area contributed by atoms with Crippen LogP contribution in [0.5, 0.6) is 17.2 Å². The van der Waals surface area contributed by atoms with Crippen LogP contribution in [0.4, 0.5) is 5.69 Å². The molecule has 3 rings (SSSR count). The Balaban J connectivity index is 1.63. The van der Waals surface area contributed by atoms with Gasteiger partial charge in [-0.05, 0) is 67.9 Å². The number of anilines is 1. The third-order valence-corrected chi connectivity index (χ3v) is 4.10. The molecule has 0 aliphatic carbocycles. The van der Waals surface area contributed by atoms with Gasteiger partial charge in [-0.25, -0.2) is 0 Å². The minimum Gasteiger partial charge on any atom is -0.491 e. The molecule has 0 saturated carbocycles. The first-order valence-electron chi connectivity index (χ1n) is 9.05. The fraction of sp³-hybridized carbons (Fsp3) is 0.174. The Bertz CT molecular complexity index is 876. The van der Waals surface area contributed by atoms with E-state index in [9.17, 15) is 4.79 Å². The van der Waals surface area contributed by atoms with Crippen molar-refractivity contribution in [3.8, 4) is 17.2 Å². The van der Waals surface area contributed by atoms with Crippen LogP contribution in [0.25, 0.3) is 0 Å². The van der Waals surface area contributed by atoms with Gasteiger partial charge in [-0.15, -0.1) is 0 Å². The smallest absolute Gasteiger partial charge is 0.255 e. The second kappa shape index (κ2) is 8.90. The van der Waals surface area contributed by atoms with Crippen LogP contribution in [0, 0.1) is 0 Å². The molecule has 0 bridgehead atoms. The molecule has 0 spiro atoms. The number of amides is 1. The van der Waals surface area contributed by atoms with Crippen molar-refractivity contribution in [2.75, 3.05) is 5.32 Å². The van der Waals surface area contributed by atoms with Crippen LogP contribution in [0.3, 0.4) is 0 Å². The Morgan fingerprint density at radius 2 is 1.56 bits per heavy atom. The van der Waals surface area contributed by atoms with Crippen LogP contribution >= 0.6 is 0 Å². The fourth-order valence-electron chi connectivity index (χ4n) is 2.46. The van der Waals surface area contributed by atoms with Gasteiger partial charge < -0.3 is 14.8 Å². The van der Waals surface area contributed by atoms with Crippen molar-refractivity contribution >= 4 is 11.6 Å². The first-order valence-corrected chi connectivity index (χ1v) is 9.05. The second-order valence-corrected chi connectivity index (χ2v) is 6.26. The van der Waals surface area contributed by atoms with E-state index in [1.54, 1.807) is 12.1 Å². The molecular formula is C23H23NO3. The molecule has 1 amide bonds. The van der Waals surface area contributed by atoms with Gasteiger partial charge in [0.1, 0.15) is 17.2 Å². The van der Waals surface area contributed by atoms with Gasteiger partial charge in [0, 0.05) is 11.3 Å². The van der Waals surface area contributed by atoms with E-state index in [1.165, 1.54) is 0 Å². The molecule has 0 aliphatic rings. The maximum absolute atomic E-state index is 12.5. The highest BCUT2D eigenvalue weighted by molar-refractivity contribution is 6.04. The summed E-state index contributed by atoms with van der Waals surface area (Å²) in [6.45, 7) is 4.07. The van der Waals surface area contributed by atoms with Crippen LogP contribution in [-0.2, 0) is 0 Å². The number of carbonyl (C=O) groups excluding carboxylic acids is 1. The van der Waals surface area contributed by atoms with Gasteiger partial charge in [0.2, 0.25) is 0 Å². The second-order valence-electron chi connectivity index (χ2n) is 6.26. The molecule has 3 aromatic carbocycles. The predicted molar refractivity (Wildman–Crippen MR) is 108 cm³/mol. The topological polar surface area (TPSA) is 47.6 Å². The number of nitrogens with one attached hydrogen (secondary N) is 1. The largest absolute Gasteiger partial charge is 0.491 e. The maximum atomic E-state index is 12.5. The van der Waals surface area contributed by atoms with Crippen molar-refractivity contribution in [3.05, 3.63) is 84.4 Å².